The Morgan fingerprint density at radius 2 is 2.18 bits per heavy atom. The molecule has 0 radical (unpaired) electrons. The van der Waals surface area contributed by atoms with Gasteiger partial charge in [-0.25, -0.2) is 0 Å². The molecule has 4 rings (SSSR count). The molecule has 2 aromatic carbocycles. The number of carbonyl (C=O) groups excluding carboxylic acids is 1. The lowest BCUT2D eigenvalue weighted by Gasteiger charge is -2.19. The zero-order valence-corrected chi connectivity index (χ0v) is 16.1. The molecule has 0 aliphatic carbocycles. The summed E-state index contributed by atoms with van der Waals surface area (Å²) in [4.78, 5) is 11.6. The first-order valence-corrected chi connectivity index (χ1v) is 9.07. The van der Waals surface area contributed by atoms with Crippen LogP contribution >= 0.6 is 12.2 Å². The molecule has 1 aromatic heterocycles. The highest BCUT2D eigenvalue weighted by Crippen LogP contribution is 2.37. The zero-order valence-electron chi connectivity index (χ0n) is 15.3. The highest BCUT2D eigenvalue weighted by molar-refractivity contribution is 7.71. The topological polar surface area (TPSA) is 101 Å². The van der Waals surface area contributed by atoms with Gasteiger partial charge in [0.15, 0.2) is 17.2 Å². The van der Waals surface area contributed by atoms with Gasteiger partial charge in [-0.05, 0) is 48.5 Å². The van der Waals surface area contributed by atoms with Crippen LogP contribution in [0, 0.1) is 4.77 Å². The monoisotopic (exact) mass is 398 g/mol. The molecule has 0 bridgehead atoms. The number of amides is 1. The number of rotatable bonds is 4. The van der Waals surface area contributed by atoms with Crippen LogP contribution in [-0.2, 0) is 11.2 Å². The molecule has 144 valence electrons. The molecular formula is C19H18N4O4S. The highest BCUT2D eigenvalue weighted by atomic mass is 32.1. The minimum absolute atomic E-state index is 0.00671. The number of aromatic amines is 1. The van der Waals surface area contributed by atoms with E-state index in [1.54, 1.807) is 22.8 Å². The van der Waals surface area contributed by atoms with Crippen LogP contribution in [-0.4, -0.2) is 39.5 Å². The van der Waals surface area contributed by atoms with Crippen molar-refractivity contribution in [3.63, 3.8) is 0 Å². The number of phenols is 1. The van der Waals surface area contributed by atoms with E-state index in [-0.39, 0.29) is 18.3 Å². The zero-order chi connectivity index (χ0) is 19.8. The van der Waals surface area contributed by atoms with Gasteiger partial charge in [-0.1, -0.05) is 6.92 Å². The summed E-state index contributed by atoms with van der Waals surface area (Å²) in [5, 5.41) is 20.1. The summed E-state index contributed by atoms with van der Waals surface area (Å²) >= 11 is 5.44. The predicted octanol–water partition coefficient (Wildman–Crippen LogP) is 3.20. The van der Waals surface area contributed by atoms with Crippen LogP contribution in [0.1, 0.15) is 12.5 Å². The van der Waals surface area contributed by atoms with E-state index in [4.69, 9.17) is 21.7 Å². The number of phenolic OH excluding ortho intramolecular Hbond substituents is 1. The fourth-order valence-electron chi connectivity index (χ4n) is 3.17. The number of H-pyrrole nitrogens is 1. The quantitative estimate of drug-likeness (QED) is 0.584. The van der Waals surface area contributed by atoms with E-state index < -0.39 is 0 Å². The number of aromatic nitrogens is 3. The van der Waals surface area contributed by atoms with Crippen molar-refractivity contribution in [1.29, 1.82) is 0 Å². The summed E-state index contributed by atoms with van der Waals surface area (Å²) in [5.41, 5.74) is 2.71. The van der Waals surface area contributed by atoms with Gasteiger partial charge in [-0.2, -0.15) is 5.10 Å². The van der Waals surface area contributed by atoms with Gasteiger partial charge in [0.1, 0.15) is 17.2 Å². The second-order valence-electron chi connectivity index (χ2n) is 6.24. The summed E-state index contributed by atoms with van der Waals surface area (Å²) in [7, 11) is 1.53. The van der Waals surface area contributed by atoms with Crippen LogP contribution in [0.15, 0.2) is 30.3 Å². The first-order chi connectivity index (χ1) is 13.5. The summed E-state index contributed by atoms with van der Waals surface area (Å²) < 4.78 is 13.0. The molecule has 1 aliphatic rings. The standard InChI is InChI=1S/C19H18N4O4S/c1-3-10-6-12(16(26-2)8-14(10)24)18-21-22-19(28)23(18)11-4-5-15-13(7-11)20-17(25)9-27-15/h4-8,24H,3,9H2,1-2H3,(H,20,25)(H,22,28). The van der Waals surface area contributed by atoms with Gasteiger partial charge in [-0.3, -0.25) is 14.5 Å². The molecule has 0 atom stereocenters. The fourth-order valence-corrected chi connectivity index (χ4v) is 3.41. The normalized spacial score (nSPS) is 12.9. The largest absolute Gasteiger partial charge is 0.508 e. The van der Waals surface area contributed by atoms with Crippen LogP contribution in [0.4, 0.5) is 5.69 Å². The second-order valence-corrected chi connectivity index (χ2v) is 6.63. The van der Waals surface area contributed by atoms with Crippen molar-refractivity contribution >= 4 is 23.8 Å². The number of fused-ring (bicyclic) bond motifs is 1. The van der Waals surface area contributed by atoms with Gasteiger partial charge in [0.05, 0.1) is 24.0 Å². The lowest BCUT2D eigenvalue weighted by atomic mass is 10.1. The van der Waals surface area contributed by atoms with E-state index in [9.17, 15) is 9.90 Å². The van der Waals surface area contributed by atoms with Crippen LogP contribution in [0.2, 0.25) is 0 Å². The molecule has 0 spiro atoms. The van der Waals surface area contributed by atoms with Crippen molar-refractivity contribution in [3.8, 4) is 34.3 Å². The molecule has 8 nitrogen and oxygen atoms in total. The van der Waals surface area contributed by atoms with Crippen molar-refractivity contribution in [1.82, 2.24) is 14.8 Å². The van der Waals surface area contributed by atoms with Crippen molar-refractivity contribution < 1.29 is 19.4 Å². The molecule has 0 saturated carbocycles. The first-order valence-electron chi connectivity index (χ1n) is 8.66. The smallest absolute Gasteiger partial charge is 0.262 e. The van der Waals surface area contributed by atoms with Crippen molar-refractivity contribution in [2.24, 2.45) is 0 Å². The van der Waals surface area contributed by atoms with E-state index in [0.29, 0.717) is 45.5 Å². The maximum Gasteiger partial charge on any atom is 0.262 e. The number of anilines is 1. The number of nitrogens with one attached hydrogen (secondary N) is 2. The minimum Gasteiger partial charge on any atom is -0.508 e. The fraction of sp³-hybridized carbons (Fsp3) is 0.211. The molecule has 28 heavy (non-hydrogen) atoms. The van der Waals surface area contributed by atoms with Gasteiger partial charge >= 0.3 is 0 Å². The number of aromatic hydroxyl groups is 1. The Morgan fingerprint density at radius 1 is 1.36 bits per heavy atom. The third-order valence-electron chi connectivity index (χ3n) is 4.55. The number of carbonyl (C=O) groups is 1. The Hall–Kier alpha value is -3.33. The molecule has 0 saturated heterocycles. The minimum atomic E-state index is -0.214. The van der Waals surface area contributed by atoms with E-state index in [2.05, 4.69) is 15.5 Å². The van der Waals surface area contributed by atoms with Crippen LogP contribution in [0.3, 0.4) is 0 Å². The molecule has 3 N–H and O–H groups in total. The first kappa shape index (κ1) is 18.1. The Morgan fingerprint density at radius 3 is 2.93 bits per heavy atom. The van der Waals surface area contributed by atoms with Gasteiger partial charge in [-0.15, -0.1) is 0 Å². The Kier molecular flexibility index (Phi) is 4.52. The SMILES string of the molecule is CCc1cc(-c2n[nH]c(=S)n2-c2ccc3c(c2)NC(=O)CO3)c(OC)cc1O. The summed E-state index contributed by atoms with van der Waals surface area (Å²) in [5.74, 6) is 1.54. The molecule has 2 heterocycles. The van der Waals surface area contributed by atoms with E-state index in [1.165, 1.54) is 7.11 Å². The average molecular weight is 398 g/mol. The number of benzene rings is 2. The van der Waals surface area contributed by atoms with Crippen molar-refractivity contribution in [2.75, 3.05) is 19.0 Å². The average Bonchev–Trinajstić information content (AvgIpc) is 3.08. The summed E-state index contributed by atoms with van der Waals surface area (Å²) in [6.07, 6.45) is 0.649. The Bertz CT molecular complexity index is 1140. The van der Waals surface area contributed by atoms with Gasteiger partial charge in [0, 0.05) is 6.07 Å². The molecule has 0 unspecified atom stereocenters. The maximum atomic E-state index is 11.6. The lowest BCUT2D eigenvalue weighted by molar-refractivity contribution is -0.118. The van der Waals surface area contributed by atoms with Gasteiger partial charge < -0.3 is 19.9 Å². The molecule has 9 heteroatoms. The van der Waals surface area contributed by atoms with Crippen LogP contribution in [0.25, 0.3) is 17.1 Å². The second kappa shape index (κ2) is 7.01. The van der Waals surface area contributed by atoms with E-state index in [0.717, 1.165) is 5.56 Å². The maximum absolute atomic E-state index is 11.6. The van der Waals surface area contributed by atoms with Crippen LogP contribution < -0.4 is 14.8 Å². The molecule has 0 fully saturated rings. The number of hydrogen-bond donors (Lipinski definition) is 3. The lowest BCUT2D eigenvalue weighted by Crippen LogP contribution is -2.25. The Labute approximate surface area is 165 Å². The third-order valence-corrected chi connectivity index (χ3v) is 4.82. The number of aryl methyl sites for hydroxylation is 1. The number of methoxy groups -OCH3 is 1. The van der Waals surface area contributed by atoms with Gasteiger partial charge in [0.2, 0.25) is 0 Å². The van der Waals surface area contributed by atoms with Crippen molar-refractivity contribution in [2.45, 2.75) is 13.3 Å². The van der Waals surface area contributed by atoms with E-state index in [1.807, 2.05) is 19.1 Å². The highest BCUT2D eigenvalue weighted by Gasteiger charge is 2.20. The van der Waals surface area contributed by atoms with Gasteiger partial charge in [0.25, 0.3) is 5.91 Å². The number of ether oxygens (including phenoxy) is 2. The van der Waals surface area contributed by atoms with Crippen molar-refractivity contribution in [3.05, 3.63) is 40.7 Å². The van der Waals surface area contributed by atoms with E-state index >= 15 is 0 Å². The predicted molar refractivity (Wildman–Crippen MR) is 106 cm³/mol. The molecule has 1 amide bonds. The molecule has 3 aromatic rings. The Balaban J connectivity index is 1.89. The number of hydrogen-bond acceptors (Lipinski definition) is 6. The number of nitrogens with zero attached hydrogens (tertiary/aromatic N) is 2. The molecule has 1 aliphatic heterocycles. The third kappa shape index (κ3) is 2.99. The summed E-state index contributed by atoms with van der Waals surface area (Å²) in [6, 6.07) is 8.78. The molecular weight excluding hydrogens is 380 g/mol. The van der Waals surface area contributed by atoms with Crippen LogP contribution in [0.5, 0.6) is 17.2 Å². The summed E-state index contributed by atoms with van der Waals surface area (Å²) in [6.45, 7) is 1.95.